The summed E-state index contributed by atoms with van der Waals surface area (Å²) in [6.45, 7) is 3.69. The fraction of sp³-hybridized carbons (Fsp3) is 0.455. The third kappa shape index (κ3) is 2.25. The van der Waals surface area contributed by atoms with E-state index in [0.29, 0.717) is 0 Å². The summed E-state index contributed by atoms with van der Waals surface area (Å²) < 4.78 is 3.11. The first kappa shape index (κ1) is 11.5. The van der Waals surface area contributed by atoms with Crippen LogP contribution in [0.1, 0.15) is 18.7 Å². The molecule has 0 spiro atoms. The molecule has 86 valence electrons. The first-order chi connectivity index (χ1) is 7.72. The molecule has 0 aliphatic heterocycles. The maximum atomic E-state index is 5.49. The van der Waals surface area contributed by atoms with Crippen molar-refractivity contribution in [2.75, 3.05) is 6.54 Å². The van der Waals surface area contributed by atoms with Gasteiger partial charge < -0.3 is 10.3 Å². The van der Waals surface area contributed by atoms with Gasteiger partial charge in [-0.25, -0.2) is 9.97 Å². The molecule has 5 heteroatoms. The molecule has 0 atom stereocenters. The number of unbranched alkanes of at least 4 members (excludes halogenated alkanes) is 1. The van der Waals surface area contributed by atoms with E-state index in [-0.39, 0.29) is 0 Å². The Bertz CT molecular complexity index is 492. The van der Waals surface area contributed by atoms with Crippen LogP contribution in [0.4, 0.5) is 0 Å². The summed E-state index contributed by atoms with van der Waals surface area (Å²) in [6, 6.07) is 1.99. The molecule has 2 N–H and O–H groups in total. The molecule has 2 rings (SSSR count). The Morgan fingerprint density at radius 3 is 3.00 bits per heavy atom. The van der Waals surface area contributed by atoms with Crippen LogP contribution in [0.2, 0.25) is 0 Å². The van der Waals surface area contributed by atoms with Crippen LogP contribution in [-0.4, -0.2) is 21.1 Å². The Hall–Kier alpha value is -0.940. The van der Waals surface area contributed by atoms with Crippen LogP contribution < -0.4 is 5.73 Å². The zero-order chi connectivity index (χ0) is 11.5. The first-order valence-corrected chi connectivity index (χ1v) is 6.20. The number of aromatic nitrogens is 3. The van der Waals surface area contributed by atoms with Crippen LogP contribution in [-0.2, 0) is 6.54 Å². The Morgan fingerprint density at radius 2 is 2.25 bits per heavy atom. The predicted octanol–water partition coefficient (Wildman–Crippen LogP) is 2.24. The van der Waals surface area contributed by atoms with E-state index in [2.05, 4.69) is 30.5 Å². The average Bonchev–Trinajstić information content (AvgIpc) is 2.55. The predicted molar refractivity (Wildman–Crippen MR) is 68.3 cm³/mol. The molecule has 0 amide bonds. The number of halogens is 1. The smallest absolute Gasteiger partial charge is 0.160 e. The van der Waals surface area contributed by atoms with Crippen LogP contribution >= 0.6 is 15.9 Å². The summed E-state index contributed by atoms with van der Waals surface area (Å²) in [5.74, 6) is 1.01. The zero-order valence-electron chi connectivity index (χ0n) is 9.28. The minimum Gasteiger partial charge on any atom is -0.330 e. The maximum Gasteiger partial charge on any atom is 0.160 e. The molecule has 2 aromatic rings. The highest BCUT2D eigenvalue weighted by molar-refractivity contribution is 9.10. The molecular formula is C11H15BrN4. The molecule has 0 saturated heterocycles. The van der Waals surface area contributed by atoms with Crippen molar-refractivity contribution in [2.45, 2.75) is 26.3 Å². The van der Waals surface area contributed by atoms with E-state index >= 15 is 0 Å². The Labute approximate surface area is 103 Å². The molecule has 0 unspecified atom stereocenters. The highest BCUT2D eigenvalue weighted by Gasteiger charge is 2.08. The lowest BCUT2D eigenvalue weighted by molar-refractivity contribution is 0.611. The summed E-state index contributed by atoms with van der Waals surface area (Å²) in [6.07, 6.45) is 3.92. The van der Waals surface area contributed by atoms with E-state index < -0.39 is 0 Å². The number of rotatable bonds is 4. The van der Waals surface area contributed by atoms with Crippen molar-refractivity contribution >= 4 is 27.1 Å². The summed E-state index contributed by atoms with van der Waals surface area (Å²) in [7, 11) is 0. The fourth-order valence-electron chi connectivity index (χ4n) is 1.78. The van der Waals surface area contributed by atoms with E-state index in [1.165, 1.54) is 0 Å². The molecule has 0 radical (unpaired) electrons. The minimum atomic E-state index is 0.741. The molecule has 0 aliphatic rings. The molecule has 2 heterocycles. The first-order valence-electron chi connectivity index (χ1n) is 5.41. The van der Waals surface area contributed by atoms with Gasteiger partial charge in [-0.05, 0) is 48.3 Å². The van der Waals surface area contributed by atoms with Crippen molar-refractivity contribution < 1.29 is 0 Å². The second-order valence-corrected chi connectivity index (χ2v) is 4.72. The lowest BCUT2D eigenvalue weighted by Gasteiger charge is -2.04. The van der Waals surface area contributed by atoms with Gasteiger partial charge in [0.1, 0.15) is 11.3 Å². The van der Waals surface area contributed by atoms with Gasteiger partial charge in [-0.15, -0.1) is 0 Å². The van der Waals surface area contributed by atoms with E-state index in [1.807, 2.05) is 19.2 Å². The average molecular weight is 283 g/mol. The van der Waals surface area contributed by atoms with Crippen molar-refractivity contribution in [3.05, 3.63) is 22.6 Å². The van der Waals surface area contributed by atoms with Gasteiger partial charge in [0.05, 0.1) is 0 Å². The number of fused-ring (bicyclic) bond motifs is 1. The number of nitrogens with zero attached hydrogens (tertiary/aromatic N) is 3. The van der Waals surface area contributed by atoms with Crippen LogP contribution in [0.25, 0.3) is 11.2 Å². The van der Waals surface area contributed by atoms with Gasteiger partial charge in [-0.2, -0.15) is 0 Å². The van der Waals surface area contributed by atoms with Crippen LogP contribution in [0.3, 0.4) is 0 Å². The number of aryl methyl sites for hydroxylation is 2. The van der Waals surface area contributed by atoms with Crippen molar-refractivity contribution in [3.8, 4) is 0 Å². The second kappa shape index (κ2) is 4.93. The Kier molecular flexibility index (Phi) is 3.56. The molecular weight excluding hydrogens is 268 g/mol. The van der Waals surface area contributed by atoms with E-state index in [0.717, 1.165) is 47.4 Å². The monoisotopic (exact) mass is 282 g/mol. The molecule has 0 bridgehead atoms. The van der Waals surface area contributed by atoms with Gasteiger partial charge in [-0.1, -0.05) is 0 Å². The second-order valence-electron chi connectivity index (χ2n) is 3.80. The number of hydrogen-bond donors (Lipinski definition) is 1. The van der Waals surface area contributed by atoms with Gasteiger partial charge >= 0.3 is 0 Å². The van der Waals surface area contributed by atoms with Gasteiger partial charge in [0.25, 0.3) is 0 Å². The molecule has 2 aromatic heterocycles. The standard InChI is InChI=1S/C11H15BrN4/c1-8-15-10-6-9(12)7-14-11(10)16(8)5-3-2-4-13/h6-7H,2-5,13H2,1H3. The van der Waals surface area contributed by atoms with Crippen molar-refractivity contribution in [3.63, 3.8) is 0 Å². The van der Waals surface area contributed by atoms with Crippen molar-refractivity contribution in [1.82, 2.24) is 14.5 Å². The summed E-state index contributed by atoms with van der Waals surface area (Å²) in [5.41, 5.74) is 7.39. The third-order valence-electron chi connectivity index (χ3n) is 2.58. The van der Waals surface area contributed by atoms with Crippen LogP contribution in [0.15, 0.2) is 16.7 Å². The summed E-state index contributed by atoms with van der Waals surface area (Å²) in [5, 5.41) is 0. The number of hydrogen-bond acceptors (Lipinski definition) is 3. The van der Waals surface area contributed by atoms with Gasteiger partial charge in [-0.3, -0.25) is 0 Å². The van der Waals surface area contributed by atoms with Gasteiger partial charge in [0, 0.05) is 17.2 Å². The van der Waals surface area contributed by atoms with E-state index in [1.54, 1.807) is 0 Å². The van der Waals surface area contributed by atoms with E-state index in [4.69, 9.17) is 5.73 Å². The summed E-state index contributed by atoms with van der Waals surface area (Å²) in [4.78, 5) is 8.89. The van der Waals surface area contributed by atoms with Crippen LogP contribution in [0, 0.1) is 6.92 Å². The maximum absolute atomic E-state index is 5.49. The largest absolute Gasteiger partial charge is 0.330 e. The molecule has 0 aromatic carbocycles. The fourth-order valence-corrected chi connectivity index (χ4v) is 2.10. The normalized spacial score (nSPS) is 11.2. The lowest BCUT2D eigenvalue weighted by atomic mass is 10.3. The van der Waals surface area contributed by atoms with Gasteiger partial charge in [0.15, 0.2) is 5.65 Å². The molecule has 0 aliphatic carbocycles. The lowest BCUT2D eigenvalue weighted by Crippen LogP contribution is -2.05. The summed E-state index contributed by atoms with van der Waals surface area (Å²) >= 11 is 3.40. The quantitative estimate of drug-likeness (QED) is 0.875. The SMILES string of the molecule is Cc1nc2cc(Br)cnc2n1CCCCN. The van der Waals surface area contributed by atoms with Crippen molar-refractivity contribution in [2.24, 2.45) is 5.73 Å². The third-order valence-corrected chi connectivity index (χ3v) is 3.01. The van der Waals surface area contributed by atoms with Gasteiger partial charge in [0.2, 0.25) is 0 Å². The zero-order valence-corrected chi connectivity index (χ0v) is 10.9. The number of pyridine rings is 1. The molecule has 0 fully saturated rings. The highest BCUT2D eigenvalue weighted by Crippen LogP contribution is 2.18. The molecule has 16 heavy (non-hydrogen) atoms. The molecule has 0 saturated carbocycles. The topological polar surface area (TPSA) is 56.7 Å². The van der Waals surface area contributed by atoms with Crippen molar-refractivity contribution in [1.29, 1.82) is 0 Å². The van der Waals surface area contributed by atoms with E-state index in [9.17, 15) is 0 Å². The number of imidazole rings is 1. The highest BCUT2D eigenvalue weighted by atomic mass is 79.9. The Morgan fingerprint density at radius 1 is 1.44 bits per heavy atom. The van der Waals surface area contributed by atoms with Crippen LogP contribution in [0.5, 0.6) is 0 Å². The Balaban J connectivity index is 2.32. The molecule has 4 nitrogen and oxygen atoms in total. The number of nitrogens with two attached hydrogens (primary N) is 1. The minimum absolute atomic E-state index is 0.741.